The summed E-state index contributed by atoms with van der Waals surface area (Å²) < 4.78 is 34.2. The number of halogens is 2. The summed E-state index contributed by atoms with van der Waals surface area (Å²) in [5, 5.41) is 12.2. The van der Waals surface area contributed by atoms with Gasteiger partial charge in [0, 0.05) is 50.0 Å². The maximum atomic E-state index is 12.5. The van der Waals surface area contributed by atoms with E-state index in [0.717, 1.165) is 11.8 Å². The highest BCUT2D eigenvalue weighted by molar-refractivity contribution is 6.04. The quantitative estimate of drug-likeness (QED) is 0.507. The van der Waals surface area contributed by atoms with Gasteiger partial charge < -0.3 is 24.3 Å². The molecule has 188 valence electrons. The second-order valence-electron chi connectivity index (χ2n) is 7.77. The Labute approximate surface area is 204 Å². The third kappa shape index (κ3) is 6.11. The molecular weight excluding hydrogens is 478 g/mol. The van der Waals surface area contributed by atoms with E-state index in [-0.39, 0.29) is 29.1 Å². The van der Waals surface area contributed by atoms with Gasteiger partial charge in [0.1, 0.15) is 5.75 Å². The zero-order chi connectivity index (χ0) is 25.7. The number of rotatable bonds is 7. The number of hydrogen-bond acceptors (Lipinski definition) is 8. The minimum atomic E-state index is -3.03. The zero-order valence-corrected chi connectivity index (χ0v) is 19.1. The van der Waals surface area contributed by atoms with E-state index in [1.807, 2.05) is 12.1 Å². The van der Waals surface area contributed by atoms with Crippen LogP contribution in [-0.2, 0) is 4.79 Å². The first-order valence-corrected chi connectivity index (χ1v) is 10.9. The van der Waals surface area contributed by atoms with E-state index in [2.05, 4.69) is 30.5 Å². The molecule has 0 bridgehead atoms. The molecule has 2 heterocycles. The molecule has 1 aromatic heterocycles. The van der Waals surface area contributed by atoms with Gasteiger partial charge in [0.25, 0.3) is 5.91 Å². The highest BCUT2D eigenvalue weighted by Gasteiger charge is 2.20. The monoisotopic (exact) mass is 500 g/mol. The number of nitrogens with one attached hydrogen (secondary N) is 2. The van der Waals surface area contributed by atoms with Crippen LogP contribution in [0.4, 0.5) is 26.2 Å². The first-order chi connectivity index (χ1) is 17.3. The SMILES string of the molecule is CC(=O)N1CCN(c2ccc(NC(=O)c3nnc(NC(=O)c4cccc(OC(F)F)c4)o3)cc2)CC1. The lowest BCUT2D eigenvalue weighted by molar-refractivity contribution is -0.129. The lowest BCUT2D eigenvalue weighted by atomic mass is 10.2. The van der Waals surface area contributed by atoms with Gasteiger partial charge in [-0.2, -0.15) is 8.78 Å². The third-order valence-electron chi connectivity index (χ3n) is 5.38. The molecule has 3 aromatic rings. The van der Waals surface area contributed by atoms with E-state index in [0.29, 0.717) is 31.9 Å². The van der Waals surface area contributed by atoms with Crippen LogP contribution in [0.25, 0.3) is 0 Å². The molecular formula is C23H22F2N6O5. The number of piperazine rings is 1. The van der Waals surface area contributed by atoms with Crippen molar-refractivity contribution in [2.45, 2.75) is 13.5 Å². The zero-order valence-electron chi connectivity index (χ0n) is 19.1. The summed E-state index contributed by atoms with van der Waals surface area (Å²) in [4.78, 5) is 40.2. The van der Waals surface area contributed by atoms with Crippen molar-refractivity contribution in [3.63, 3.8) is 0 Å². The molecule has 0 aliphatic carbocycles. The Kier molecular flexibility index (Phi) is 7.37. The van der Waals surface area contributed by atoms with E-state index in [4.69, 9.17) is 4.42 Å². The summed E-state index contributed by atoms with van der Waals surface area (Å²) in [6.07, 6.45) is 0. The predicted molar refractivity (Wildman–Crippen MR) is 124 cm³/mol. The number of benzene rings is 2. The van der Waals surface area contributed by atoms with Crippen LogP contribution in [0.5, 0.6) is 5.75 Å². The van der Waals surface area contributed by atoms with Crippen molar-refractivity contribution in [1.82, 2.24) is 15.1 Å². The first kappa shape index (κ1) is 24.6. The molecule has 1 fully saturated rings. The molecule has 0 atom stereocenters. The third-order valence-corrected chi connectivity index (χ3v) is 5.38. The van der Waals surface area contributed by atoms with Crippen LogP contribution in [0.2, 0.25) is 0 Å². The molecule has 0 spiro atoms. The molecule has 1 aliphatic heterocycles. The minimum Gasteiger partial charge on any atom is -0.435 e. The molecule has 0 radical (unpaired) electrons. The lowest BCUT2D eigenvalue weighted by Crippen LogP contribution is -2.48. The number of anilines is 3. The summed E-state index contributed by atoms with van der Waals surface area (Å²) in [6.45, 7) is 1.26. The highest BCUT2D eigenvalue weighted by atomic mass is 19.3. The van der Waals surface area contributed by atoms with Crippen LogP contribution in [0, 0.1) is 0 Å². The number of nitrogens with zero attached hydrogens (tertiary/aromatic N) is 4. The van der Waals surface area contributed by atoms with E-state index in [9.17, 15) is 23.2 Å². The normalized spacial score (nSPS) is 13.4. The van der Waals surface area contributed by atoms with E-state index in [1.165, 1.54) is 18.2 Å². The van der Waals surface area contributed by atoms with Crippen molar-refractivity contribution in [3.05, 3.63) is 60.0 Å². The molecule has 3 amide bonds. The van der Waals surface area contributed by atoms with Gasteiger partial charge in [-0.3, -0.25) is 19.7 Å². The molecule has 36 heavy (non-hydrogen) atoms. The second-order valence-corrected chi connectivity index (χ2v) is 7.77. The Hall–Kier alpha value is -4.55. The lowest BCUT2D eigenvalue weighted by Gasteiger charge is -2.35. The largest absolute Gasteiger partial charge is 0.435 e. The van der Waals surface area contributed by atoms with Gasteiger partial charge in [0.2, 0.25) is 5.91 Å². The van der Waals surface area contributed by atoms with Crippen LogP contribution in [0.15, 0.2) is 52.9 Å². The summed E-state index contributed by atoms with van der Waals surface area (Å²) in [5.41, 5.74) is 1.47. The second kappa shape index (κ2) is 10.8. The van der Waals surface area contributed by atoms with Crippen molar-refractivity contribution in [3.8, 4) is 5.75 Å². The number of ether oxygens (including phenoxy) is 1. The number of amides is 3. The van der Waals surface area contributed by atoms with Crippen LogP contribution in [0.3, 0.4) is 0 Å². The van der Waals surface area contributed by atoms with Gasteiger partial charge >= 0.3 is 24.4 Å². The maximum absolute atomic E-state index is 12.5. The smallest absolute Gasteiger partial charge is 0.387 e. The van der Waals surface area contributed by atoms with Gasteiger partial charge in [-0.15, -0.1) is 5.10 Å². The molecule has 13 heteroatoms. The summed E-state index contributed by atoms with van der Waals surface area (Å²) in [5.74, 6) is -1.91. The fraction of sp³-hybridized carbons (Fsp3) is 0.261. The molecule has 11 nitrogen and oxygen atoms in total. The standard InChI is InChI=1S/C23H22F2N6O5/c1-14(32)30-9-11-31(12-10-30)17-7-5-16(6-8-17)26-20(34)21-28-29-23(36-21)27-19(33)15-3-2-4-18(13-15)35-22(24)25/h2-8,13,22H,9-12H2,1H3,(H,26,34)(H,27,29,33). The Morgan fingerprint density at radius 3 is 2.36 bits per heavy atom. The first-order valence-electron chi connectivity index (χ1n) is 10.9. The molecule has 0 unspecified atom stereocenters. The van der Waals surface area contributed by atoms with Crippen LogP contribution >= 0.6 is 0 Å². The van der Waals surface area contributed by atoms with Crippen molar-refractivity contribution in [1.29, 1.82) is 0 Å². The fourth-order valence-electron chi connectivity index (χ4n) is 3.57. The van der Waals surface area contributed by atoms with Crippen LogP contribution in [0.1, 0.15) is 28.0 Å². The Bertz CT molecular complexity index is 1240. The molecule has 1 saturated heterocycles. The number of carbonyl (C=O) groups excluding carboxylic acids is 3. The topological polar surface area (TPSA) is 130 Å². The number of alkyl halides is 2. The molecule has 0 saturated carbocycles. The van der Waals surface area contributed by atoms with E-state index >= 15 is 0 Å². The highest BCUT2D eigenvalue weighted by Crippen LogP contribution is 2.21. The van der Waals surface area contributed by atoms with Crippen molar-refractivity contribution in [2.24, 2.45) is 0 Å². The fourth-order valence-corrected chi connectivity index (χ4v) is 3.57. The van der Waals surface area contributed by atoms with Gasteiger partial charge in [0.05, 0.1) is 0 Å². The average Bonchev–Trinajstić information content (AvgIpc) is 3.33. The molecule has 4 rings (SSSR count). The molecule has 1 aliphatic rings. The van der Waals surface area contributed by atoms with E-state index < -0.39 is 18.4 Å². The summed E-state index contributed by atoms with van der Waals surface area (Å²) in [6, 6.07) is 12.0. The van der Waals surface area contributed by atoms with Gasteiger partial charge in [-0.05, 0) is 42.5 Å². The number of aromatic nitrogens is 2. The average molecular weight is 500 g/mol. The number of hydrogen-bond donors (Lipinski definition) is 2. The minimum absolute atomic E-state index is 0.0140. The predicted octanol–water partition coefficient (Wildman–Crippen LogP) is 2.84. The van der Waals surface area contributed by atoms with Gasteiger partial charge in [-0.1, -0.05) is 11.2 Å². The molecule has 2 aromatic carbocycles. The van der Waals surface area contributed by atoms with Gasteiger partial charge in [-0.25, -0.2) is 0 Å². The van der Waals surface area contributed by atoms with Crippen molar-refractivity contribution < 1.29 is 32.3 Å². The Morgan fingerprint density at radius 1 is 0.972 bits per heavy atom. The maximum Gasteiger partial charge on any atom is 0.387 e. The van der Waals surface area contributed by atoms with Crippen LogP contribution in [-0.4, -0.2) is 65.6 Å². The summed E-state index contributed by atoms with van der Waals surface area (Å²) >= 11 is 0. The van der Waals surface area contributed by atoms with E-state index in [1.54, 1.807) is 24.0 Å². The molecule has 2 N–H and O–H groups in total. The van der Waals surface area contributed by atoms with Crippen LogP contribution < -0.4 is 20.3 Å². The number of carbonyl (C=O) groups is 3. The van der Waals surface area contributed by atoms with Crippen molar-refractivity contribution in [2.75, 3.05) is 41.7 Å². The van der Waals surface area contributed by atoms with Crippen molar-refractivity contribution >= 4 is 35.1 Å². The summed E-state index contributed by atoms with van der Waals surface area (Å²) in [7, 11) is 0. The Morgan fingerprint density at radius 2 is 1.69 bits per heavy atom. The van der Waals surface area contributed by atoms with Gasteiger partial charge in [0.15, 0.2) is 0 Å². The Balaban J connectivity index is 1.32.